The maximum atomic E-state index is 12.8. The number of aliphatic carboxylic acids is 1. The number of fused-ring (bicyclic) bond motifs is 2. The van der Waals surface area contributed by atoms with Crippen molar-refractivity contribution in [1.82, 2.24) is 9.97 Å². The molecule has 1 aliphatic rings. The minimum absolute atomic E-state index is 0.107. The number of hydrogen-bond donors (Lipinski definition) is 3. The molecule has 0 saturated heterocycles. The highest BCUT2D eigenvalue weighted by atomic mass is 16.6. The van der Waals surface area contributed by atoms with Crippen molar-refractivity contribution < 1.29 is 14.8 Å². The number of nitrogens with one attached hydrogen (secondary N) is 2. The largest absolute Gasteiger partial charge is 0.479 e. The number of benzene rings is 2. The average Bonchev–Trinajstić information content (AvgIpc) is 3.11. The van der Waals surface area contributed by atoms with Gasteiger partial charge in [0.15, 0.2) is 5.54 Å². The summed E-state index contributed by atoms with van der Waals surface area (Å²) >= 11 is 0. The summed E-state index contributed by atoms with van der Waals surface area (Å²) in [6, 6.07) is 14.9. The van der Waals surface area contributed by atoms with Crippen molar-refractivity contribution in [2.75, 3.05) is 5.32 Å². The van der Waals surface area contributed by atoms with Gasteiger partial charge in [0.1, 0.15) is 5.65 Å². The lowest BCUT2D eigenvalue weighted by molar-refractivity contribution is -0.384. The smallest absolute Gasteiger partial charge is 0.338 e. The maximum Gasteiger partial charge on any atom is 0.338 e. The van der Waals surface area contributed by atoms with Crippen molar-refractivity contribution in [3.63, 3.8) is 0 Å². The van der Waals surface area contributed by atoms with Gasteiger partial charge < -0.3 is 15.4 Å². The Kier molecular flexibility index (Phi) is 3.44. The Morgan fingerprint density at radius 3 is 2.55 bits per heavy atom. The van der Waals surface area contributed by atoms with Crippen LogP contribution in [0.1, 0.15) is 11.1 Å². The number of pyridine rings is 1. The molecule has 0 amide bonds. The van der Waals surface area contributed by atoms with Gasteiger partial charge in [0.25, 0.3) is 5.69 Å². The Hall–Kier alpha value is -4.20. The summed E-state index contributed by atoms with van der Waals surface area (Å²) in [6.45, 7) is 0. The maximum absolute atomic E-state index is 12.8. The summed E-state index contributed by atoms with van der Waals surface area (Å²) in [7, 11) is 0. The van der Waals surface area contributed by atoms with Gasteiger partial charge in [-0.05, 0) is 35.4 Å². The van der Waals surface area contributed by atoms with Crippen LogP contribution >= 0.6 is 0 Å². The number of carbonyl (C=O) groups is 1. The van der Waals surface area contributed by atoms with Crippen LogP contribution in [0.25, 0.3) is 22.2 Å². The molecule has 1 atom stereocenters. The van der Waals surface area contributed by atoms with Gasteiger partial charge in [-0.25, -0.2) is 9.78 Å². The molecule has 3 heterocycles. The number of H-pyrrole nitrogens is 1. The second-order valence-corrected chi connectivity index (χ2v) is 6.81. The Labute approximate surface area is 164 Å². The van der Waals surface area contributed by atoms with E-state index >= 15 is 0 Å². The number of aromatic amines is 1. The van der Waals surface area contributed by atoms with Crippen LogP contribution in [0, 0.1) is 10.1 Å². The Morgan fingerprint density at radius 1 is 1.07 bits per heavy atom. The fourth-order valence-corrected chi connectivity index (χ4v) is 4.03. The lowest BCUT2D eigenvalue weighted by Crippen LogP contribution is -2.44. The van der Waals surface area contributed by atoms with Crippen LogP contribution in [0.15, 0.2) is 67.0 Å². The third-order valence-corrected chi connectivity index (χ3v) is 5.35. The lowest BCUT2D eigenvalue weighted by Gasteiger charge is -2.31. The molecule has 4 aromatic rings. The van der Waals surface area contributed by atoms with Crippen LogP contribution < -0.4 is 5.32 Å². The van der Waals surface area contributed by atoms with E-state index in [1.54, 1.807) is 12.4 Å². The fraction of sp³-hybridized carbons (Fsp3) is 0.0476. The molecule has 0 saturated carbocycles. The Balaban J connectivity index is 1.89. The predicted molar refractivity (Wildman–Crippen MR) is 107 cm³/mol. The number of carboxylic acid groups (broad SMARTS) is 1. The van der Waals surface area contributed by atoms with Gasteiger partial charge in [-0.2, -0.15) is 0 Å². The molecule has 142 valence electrons. The molecular weight excluding hydrogens is 372 g/mol. The van der Waals surface area contributed by atoms with E-state index in [2.05, 4.69) is 15.3 Å². The molecule has 3 N–H and O–H groups in total. The molecule has 1 aliphatic heterocycles. The summed E-state index contributed by atoms with van der Waals surface area (Å²) in [5, 5.41) is 25.4. The number of nitro groups is 1. The molecule has 0 bridgehead atoms. The van der Waals surface area contributed by atoms with Crippen LogP contribution in [-0.2, 0) is 10.3 Å². The molecule has 29 heavy (non-hydrogen) atoms. The van der Waals surface area contributed by atoms with E-state index in [4.69, 9.17) is 0 Å². The van der Waals surface area contributed by atoms with Gasteiger partial charge in [0.2, 0.25) is 0 Å². The number of para-hydroxylation sites is 1. The van der Waals surface area contributed by atoms with Gasteiger partial charge in [0.05, 0.1) is 4.92 Å². The van der Waals surface area contributed by atoms with E-state index in [0.717, 1.165) is 11.1 Å². The van der Waals surface area contributed by atoms with E-state index < -0.39 is 16.4 Å². The third-order valence-electron chi connectivity index (χ3n) is 5.35. The van der Waals surface area contributed by atoms with E-state index in [0.29, 0.717) is 27.8 Å². The standard InChI is InChI=1S/C21H14N4O4/c26-20(27)21(12-5-7-13(8-6-12)25(28)29)16-11-23-19-18(16)15(9-10-22-19)14-3-1-2-4-17(14)24-21/h1-11,24H,(H,22,23)(H,26,27). The molecule has 8 nitrogen and oxygen atoms in total. The molecule has 0 aliphatic carbocycles. The lowest BCUT2D eigenvalue weighted by atomic mass is 9.82. The molecular formula is C21H14N4O4. The number of anilines is 1. The Morgan fingerprint density at radius 2 is 1.83 bits per heavy atom. The molecule has 8 heteroatoms. The monoisotopic (exact) mass is 386 g/mol. The number of rotatable bonds is 3. The summed E-state index contributed by atoms with van der Waals surface area (Å²) in [5.41, 5.74) is 2.05. The topological polar surface area (TPSA) is 121 Å². The van der Waals surface area contributed by atoms with Crippen LogP contribution in [0.3, 0.4) is 0 Å². The minimum Gasteiger partial charge on any atom is -0.479 e. The van der Waals surface area contributed by atoms with E-state index in [-0.39, 0.29) is 5.69 Å². The minimum atomic E-state index is -1.65. The van der Waals surface area contributed by atoms with Crippen molar-refractivity contribution >= 4 is 28.4 Å². The van der Waals surface area contributed by atoms with Gasteiger partial charge in [-0.15, -0.1) is 0 Å². The first-order valence-corrected chi connectivity index (χ1v) is 8.85. The zero-order valence-electron chi connectivity index (χ0n) is 14.9. The number of hydrogen-bond acceptors (Lipinski definition) is 5. The first-order chi connectivity index (χ1) is 14.0. The number of carboxylic acids is 1. The van der Waals surface area contributed by atoms with Crippen LogP contribution in [-0.4, -0.2) is 26.0 Å². The first-order valence-electron chi connectivity index (χ1n) is 8.85. The molecule has 0 spiro atoms. The van der Waals surface area contributed by atoms with Gasteiger partial charge in [-0.3, -0.25) is 10.1 Å². The van der Waals surface area contributed by atoms with E-state index in [1.807, 2.05) is 30.3 Å². The second-order valence-electron chi connectivity index (χ2n) is 6.81. The average molecular weight is 386 g/mol. The highest BCUT2D eigenvalue weighted by Crippen LogP contribution is 2.46. The van der Waals surface area contributed by atoms with Crippen molar-refractivity contribution in [2.45, 2.75) is 5.54 Å². The molecule has 2 aromatic carbocycles. The van der Waals surface area contributed by atoms with Gasteiger partial charge in [-0.1, -0.05) is 18.2 Å². The number of nitrogens with zero attached hydrogens (tertiary/aromatic N) is 2. The molecule has 2 aromatic heterocycles. The molecule has 1 unspecified atom stereocenters. The highest BCUT2D eigenvalue weighted by Gasteiger charge is 2.46. The van der Waals surface area contributed by atoms with Crippen LogP contribution in [0.5, 0.6) is 0 Å². The quantitative estimate of drug-likeness (QED) is 0.363. The van der Waals surface area contributed by atoms with Crippen molar-refractivity contribution in [3.8, 4) is 11.1 Å². The third kappa shape index (κ3) is 2.26. The van der Waals surface area contributed by atoms with Crippen molar-refractivity contribution in [2.24, 2.45) is 0 Å². The van der Waals surface area contributed by atoms with Crippen LogP contribution in [0.2, 0.25) is 0 Å². The second kappa shape index (κ2) is 5.90. The summed E-state index contributed by atoms with van der Waals surface area (Å²) < 4.78 is 0. The van der Waals surface area contributed by atoms with E-state index in [1.165, 1.54) is 24.3 Å². The summed E-state index contributed by atoms with van der Waals surface area (Å²) in [5.74, 6) is -1.13. The predicted octanol–water partition coefficient (Wildman–Crippen LogP) is 3.89. The molecule has 0 fully saturated rings. The van der Waals surface area contributed by atoms with Gasteiger partial charge in [0, 0.05) is 46.7 Å². The SMILES string of the molecule is O=C(O)C1(c2ccc([N+](=O)[O-])cc2)Nc2ccccc2-c2ccnc3[nH]cc1c23. The number of nitro benzene ring substituents is 1. The molecule has 5 rings (SSSR count). The molecule has 0 radical (unpaired) electrons. The number of non-ortho nitro benzene ring substituents is 1. The van der Waals surface area contributed by atoms with Crippen molar-refractivity contribution in [3.05, 3.63) is 88.2 Å². The van der Waals surface area contributed by atoms with Crippen molar-refractivity contribution in [1.29, 1.82) is 0 Å². The zero-order chi connectivity index (χ0) is 20.2. The Bertz CT molecular complexity index is 1300. The first kappa shape index (κ1) is 16.9. The highest BCUT2D eigenvalue weighted by molar-refractivity contribution is 6.06. The number of aromatic nitrogens is 2. The summed E-state index contributed by atoms with van der Waals surface area (Å²) in [4.78, 5) is 30.7. The zero-order valence-corrected chi connectivity index (χ0v) is 14.9. The fourth-order valence-electron chi connectivity index (χ4n) is 4.03. The van der Waals surface area contributed by atoms with E-state index in [9.17, 15) is 20.0 Å². The van der Waals surface area contributed by atoms with Gasteiger partial charge >= 0.3 is 5.97 Å². The summed E-state index contributed by atoms with van der Waals surface area (Å²) in [6.07, 6.45) is 3.31. The van der Waals surface area contributed by atoms with Crippen LogP contribution in [0.4, 0.5) is 11.4 Å². The normalized spacial score (nSPS) is 17.2.